The highest BCUT2D eigenvalue weighted by Gasteiger charge is 2.31. The Bertz CT molecular complexity index is 732. The molecule has 0 saturated carbocycles. The third-order valence-corrected chi connectivity index (χ3v) is 4.94. The average Bonchev–Trinajstić information content (AvgIpc) is 2.76. The van der Waals surface area contributed by atoms with Gasteiger partial charge in [-0.25, -0.2) is 0 Å². The van der Waals surface area contributed by atoms with E-state index in [4.69, 9.17) is 17.3 Å². The molecule has 0 aromatic heterocycles. The number of benzene rings is 2. The van der Waals surface area contributed by atoms with Crippen molar-refractivity contribution < 1.29 is 4.79 Å². The van der Waals surface area contributed by atoms with E-state index >= 15 is 0 Å². The van der Waals surface area contributed by atoms with Gasteiger partial charge in [-0.3, -0.25) is 4.79 Å². The van der Waals surface area contributed by atoms with E-state index in [1.165, 1.54) is 0 Å². The lowest BCUT2D eigenvalue weighted by atomic mass is 10.1. The molecular weight excluding hydrogens is 352 g/mol. The van der Waals surface area contributed by atoms with Crippen LogP contribution in [-0.2, 0) is 6.42 Å². The highest BCUT2D eigenvalue weighted by Crippen LogP contribution is 2.35. The van der Waals surface area contributed by atoms with Gasteiger partial charge in [-0.1, -0.05) is 11.6 Å². The fourth-order valence-electron chi connectivity index (χ4n) is 2.73. The minimum Gasteiger partial charge on any atom is -0.399 e. The van der Waals surface area contributed by atoms with Gasteiger partial charge in [-0.2, -0.15) is 0 Å². The zero-order chi connectivity index (χ0) is 15.1. The molecule has 1 heterocycles. The summed E-state index contributed by atoms with van der Waals surface area (Å²) in [5.41, 5.74) is 9.17. The van der Waals surface area contributed by atoms with Crippen LogP contribution in [0.25, 0.3) is 0 Å². The Morgan fingerprint density at radius 2 is 2.10 bits per heavy atom. The van der Waals surface area contributed by atoms with E-state index in [9.17, 15) is 4.79 Å². The standard InChI is InChI=1S/C16H14BrClN2O/c1-9-6-11-7-12(19)3-5-15(11)20(9)16(21)10-2-4-13(17)14(18)8-10/h2-5,7-9H,6,19H2,1H3. The summed E-state index contributed by atoms with van der Waals surface area (Å²) in [4.78, 5) is 14.6. The fourth-order valence-corrected chi connectivity index (χ4v) is 3.16. The highest BCUT2D eigenvalue weighted by molar-refractivity contribution is 9.10. The first kappa shape index (κ1) is 14.4. The molecule has 21 heavy (non-hydrogen) atoms. The predicted octanol–water partition coefficient (Wildman–Crippen LogP) is 4.28. The van der Waals surface area contributed by atoms with Crippen molar-refractivity contribution in [1.82, 2.24) is 0 Å². The van der Waals surface area contributed by atoms with Gasteiger partial charge in [-0.15, -0.1) is 0 Å². The molecule has 108 valence electrons. The van der Waals surface area contributed by atoms with Crippen molar-refractivity contribution in [3.63, 3.8) is 0 Å². The molecule has 0 aliphatic carbocycles. The van der Waals surface area contributed by atoms with Crippen molar-refractivity contribution in [3.05, 3.63) is 57.0 Å². The van der Waals surface area contributed by atoms with Gasteiger partial charge in [0.25, 0.3) is 5.91 Å². The van der Waals surface area contributed by atoms with Crippen LogP contribution in [0.1, 0.15) is 22.8 Å². The average molecular weight is 366 g/mol. The Hall–Kier alpha value is -1.52. The van der Waals surface area contributed by atoms with Gasteiger partial charge in [-0.05, 0) is 71.2 Å². The van der Waals surface area contributed by atoms with E-state index in [-0.39, 0.29) is 11.9 Å². The summed E-state index contributed by atoms with van der Waals surface area (Å²) in [6.07, 6.45) is 0.816. The summed E-state index contributed by atoms with van der Waals surface area (Å²) >= 11 is 9.42. The quantitative estimate of drug-likeness (QED) is 0.767. The molecule has 1 amide bonds. The van der Waals surface area contributed by atoms with Crippen molar-refractivity contribution >= 4 is 44.8 Å². The molecule has 0 radical (unpaired) electrons. The number of carbonyl (C=O) groups excluding carboxylic acids is 1. The lowest BCUT2D eigenvalue weighted by Gasteiger charge is -2.23. The van der Waals surface area contributed by atoms with Gasteiger partial charge in [0.05, 0.1) is 5.02 Å². The lowest BCUT2D eigenvalue weighted by molar-refractivity contribution is 0.0981. The van der Waals surface area contributed by atoms with Gasteiger partial charge >= 0.3 is 0 Å². The highest BCUT2D eigenvalue weighted by atomic mass is 79.9. The fraction of sp³-hybridized carbons (Fsp3) is 0.188. The second-order valence-corrected chi connectivity index (χ2v) is 6.51. The molecule has 0 fully saturated rings. The SMILES string of the molecule is CC1Cc2cc(N)ccc2N1C(=O)c1ccc(Br)c(Cl)c1. The maximum absolute atomic E-state index is 12.8. The van der Waals surface area contributed by atoms with E-state index in [0.717, 1.165) is 27.8 Å². The number of rotatable bonds is 1. The van der Waals surface area contributed by atoms with Crippen LogP contribution in [0.2, 0.25) is 5.02 Å². The smallest absolute Gasteiger partial charge is 0.258 e. The molecule has 3 nitrogen and oxygen atoms in total. The van der Waals surface area contributed by atoms with Crippen LogP contribution in [0, 0.1) is 0 Å². The monoisotopic (exact) mass is 364 g/mol. The van der Waals surface area contributed by atoms with Crippen molar-refractivity contribution in [2.24, 2.45) is 0 Å². The number of amides is 1. The number of fused-ring (bicyclic) bond motifs is 1. The molecular formula is C16H14BrClN2O. The number of nitrogen functional groups attached to an aromatic ring is 1. The Kier molecular flexibility index (Phi) is 3.68. The van der Waals surface area contributed by atoms with Gasteiger partial charge in [0, 0.05) is 27.5 Å². The van der Waals surface area contributed by atoms with Crippen LogP contribution >= 0.6 is 27.5 Å². The molecule has 3 rings (SSSR count). The summed E-state index contributed by atoms with van der Waals surface area (Å²) in [5.74, 6) is -0.0413. The minimum absolute atomic E-state index is 0.0413. The number of halogens is 2. The van der Waals surface area contributed by atoms with Crippen molar-refractivity contribution in [3.8, 4) is 0 Å². The second-order valence-electron chi connectivity index (χ2n) is 5.25. The van der Waals surface area contributed by atoms with Crippen molar-refractivity contribution in [2.75, 3.05) is 10.6 Å². The molecule has 1 aliphatic heterocycles. The number of nitrogens with two attached hydrogens (primary N) is 1. The predicted molar refractivity (Wildman–Crippen MR) is 90.0 cm³/mol. The van der Waals surface area contributed by atoms with Crippen LogP contribution in [0.4, 0.5) is 11.4 Å². The molecule has 0 bridgehead atoms. The largest absolute Gasteiger partial charge is 0.399 e. The molecule has 2 aromatic rings. The van der Waals surface area contributed by atoms with Crippen LogP contribution in [0.3, 0.4) is 0 Å². The first-order chi connectivity index (χ1) is 9.97. The second kappa shape index (κ2) is 5.35. The maximum atomic E-state index is 12.8. The first-order valence-corrected chi connectivity index (χ1v) is 7.81. The first-order valence-electron chi connectivity index (χ1n) is 6.64. The van der Waals surface area contributed by atoms with Gasteiger partial charge < -0.3 is 10.6 Å². The zero-order valence-corrected chi connectivity index (χ0v) is 13.8. The Balaban J connectivity index is 2.00. The molecule has 0 saturated heterocycles. The lowest BCUT2D eigenvalue weighted by Crippen LogP contribution is -2.35. The van der Waals surface area contributed by atoms with E-state index in [2.05, 4.69) is 15.9 Å². The Morgan fingerprint density at radius 1 is 1.33 bits per heavy atom. The van der Waals surface area contributed by atoms with Gasteiger partial charge in [0.15, 0.2) is 0 Å². The number of hydrogen-bond donors (Lipinski definition) is 1. The Labute approximate surface area is 136 Å². The molecule has 0 spiro atoms. The zero-order valence-electron chi connectivity index (χ0n) is 11.4. The third kappa shape index (κ3) is 2.54. The van der Waals surface area contributed by atoms with Crippen molar-refractivity contribution in [1.29, 1.82) is 0 Å². The number of hydrogen-bond acceptors (Lipinski definition) is 2. The summed E-state index contributed by atoms with van der Waals surface area (Å²) in [7, 11) is 0. The molecule has 2 N–H and O–H groups in total. The third-order valence-electron chi connectivity index (χ3n) is 3.70. The van der Waals surface area contributed by atoms with Crippen LogP contribution in [-0.4, -0.2) is 11.9 Å². The van der Waals surface area contributed by atoms with Crippen LogP contribution < -0.4 is 10.6 Å². The normalized spacial score (nSPS) is 16.9. The van der Waals surface area contributed by atoms with Gasteiger partial charge in [0.2, 0.25) is 0 Å². The van der Waals surface area contributed by atoms with E-state index in [1.807, 2.05) is 30.0 Å². The number of anilines is 2. The molecule has 2 aromatic carbocycles. The molecule has 1 unspecified atom stereocenters. The summed E-state index contributed by atoms with van der Waals surface area (Å²) in [5, 5.41) is 0.533. The van der Waals surface area contributed by atoms with E-state index in [0.29, 0.717) is 10.6 Å². The minimum atomic E-state index is -0.0413. The number of nitrogens with zero attached hydrogens (tertiary/aromatic N) is 1. The van der Waals surface area contributed by atoms with E-state index < -0.39 is 0 Å². The van der Waals surface area contributed by atoms with Crippen LogP contribution in [0.15, 0.2) is 40.9 Å². The Morgan fingerprint density at radius 3 is 2.81 bits per heavy atom. The summed E-state index contributed by atoms with van der Waals surface area (Å²) in [6.45, 7) is 2.04. The maximum Gasteiger partial charge on any atom is 0.258 e. The molecule has 1 aliphatic rings. The van der Waals surface area contributed by atoms with Crippen LogP contribution in [0.5, 0.6) is 0 Å². The molecule has 1 atom stereocenters. The van der Waals surface area contributed by atoms with Crippen molar-refractivity contribution in [2.45, 2.75) is 19.4 Å². The number of carbonyl (C=O) groups is 1. The molecule has 5 heteroatoms. The summed E-state index contributed by atoms with van der Waals surface area (Å²) in [6, 6.07) is 11.0. The van der Waals surface area contributed by atoms with Gasteiger partial charge in [0.1, 0.15) is 0 Å². The van der Waals surface area contributed by atoms with E-state index in [1.54, 1.807) is 18.2 Å². The topological polar surface area (TPSA) is 46.3 Å². The summed E-state index contributed by atoms with van der Waals surface area (Å²) < 4.78 is 0.781.